The standard InChI is InChI=1S/C16H21N3O2/c1-5-6-17-9-14(20)18-10-15(21)19-16-12(3)7-11(2)8-13(16)4/h1,7-8,17H,6,9-10H2,2-4H3,(H,18,20)(H,19,21). The Hall–Kier alpha value is -2.32. The van der Waals surface area contributed by atoms with Crippen LogP contribution >= 0.6 is 0 Å². The predicted octanol–water partition coefficient (Wildman–Crippen LogP) is 0.889. The monoisotopic (exact) mass is 287 g/mol. The second-order valence-corrected chi connectivity index (χ2v) is 4.91. The second-order valence-electron chi connectivity index (χ2n) is 4.91. The number of carbonyl (C=O) groups is 2. The second kappa shape index (κ2) is 8.08. The molecule has 112 valence electrons. The molecule has 0 aliphatic heterocycles. The average Bonchev–Trinajstić information content (AvgIpc) is 2.41. The van der Waals surface area contributed by atoms with E-state index in [1.54, 1.807) is 0 Å². The Kier molecular flexibility index (Phi) is 6.44. The SMILES string of the molecule is C#CCNCC(=O)NCC(=O)Nc1c(C)cc(C)cc1C. The predicted molar refractivity (Wildman–Crippen MR) is 84.0 cm³/mol. The molecule has 0 bridgehead atoms. The van der Waals surface area contributed by atoms with Crippen LogP contribution in [0.15, 0.2) is 12.1 Å². The fraction of sp³-hybridized carbons (Fsp3) is 0.375. The first kappa shape index (κ1) is 16.7. The van der Waals surface area contributed by atoms with Crippen LogP contribution in [0.2, 0.25) is 0 Å². The van der Waals surface area contributed by atoms with E-state index >= 15 is 0 Å². The van der Waals surface area contributed by atoms with Crippen molar-refractivity contribution in [2.24, 2.45) is 0 Å². The highest BCUT2D eigenvalue weighted by atomic mass is 16.2. The van der Waals surface area contributed by atoms with Gasteiger partial charge in [0.05, 0.1) is 19.6 Å². The fourth-order valence-electron chi connectivity index (χ4n) is 2.05. The smallest absolute Gasteiger partial charge is 0.243 e. The summed E-state index contributed by atoms with van der Waals surface area (Å²) < 4.78 is 0. The summed E-state index contributed by atoms with van der Waals surface area (Å²) in [5.41, 5.74) is 3.95. The third kappa shape index (κ3) is 5.67. The summed E-state index contributed by atoms with van der Waals surface area (Å²) in [6.45, 7) is 6.25. The Morgan fingerprint density at radius 3 is 2.29 bits per heavy atom. The van der Waals surface area contributed by atoms with Crippen LogP contribution in [0.4, 0.5) is 5.69 Å². The molecule has 0 unspecified atom stereocenters. The summed E-state index contributed by atoms with van der Waals surface area (Å²) >= 11 is 0. The minimum absolute atomic E-state index is 0.0661. The van der Waals surface area contributed by atoms with Gasteiger partial charge in [0, 0.05) is 5.69 Å². The molecule has 0 aliphatic rings. The third-order valence-electron chi connectivity index (χ3n) is 2.90. The first-order chi connectivity index (χ1) is 9.93. The van der Waals surface area contributed by atoms with Crippen molar-refractivity contribution in [3.05, 3.63) is 28.8 Å². The lowest BCUT2D eigenvalue weighted by molar-refractivity contribution is -0.123. The molecule has 3 N–H and O–H groups in total. The van der Waals surface area contributed by atoms with Crippen molar-refractivity contribution in [2.45, 2.75) is 20.8 Å². The Morgan fingerprint density at radius 2 is 1.71 bits per heavy atom. The minimum Gasteiger partial charge on any atom is -0.346 e. The van der Waals surface area contributed by atoms with E-state index in [0.29, 0.717) is 6.54 Å². The summed E-state index contributed by atoms with van der Waals surface area (Å²) in [5, 5.41) is 8.10. The van der Waals surface area contributed by atoms with Gasteiger partial charge in [-0.25, -0.2) is 0 Å². The first-order valence-electron chi connectivity index (χ1n) is 6.72. The highest BCUT2D eigenvalue weighted by molar-refractivity contribution is 5.96. The van der Waals surface area contributed by atoms with Gasteiger partial charge in [-0.3, -0.25) is 14.9 Å². The molecule has 0 aliphatic carbocycles. The average molecular weight is 287 g/mol. The molecule has 0 saturated carbocycles. The molecule has 21 heavy (non-hydrogen) atoms. The van der Waals surface area contributed by atoms with Crippen molar-refractivity contribution in [3.8, 4) is 12.3 Å². The molecule has 0 atom stereocenters. The van der Waals surface area contributed by atoms with E-state index in [9.17, 15) is 9.59 Å². The van der Waals surface area contributed by atoms with Crippen molar-refractivity contribution in [2.75, 3.05) is 25.0 Å². The number of hydrogen-bond acceptors (Lipinski definition) is 3. The molecule has 1 aromatic rings. The van der Waals surface area contributed by atoms with Gasteiger partial charge < -0.3 is 10.6 Å². The Balaban J connectivity index is 2.48. The molecule has 0 fully saturated rings. The number of amides is 2. The lowest BCUT2D eigenvalue weighted by atomic mass is 10.1. The van der Waals surface area contributed by atoms with Gasteiger partial charge in [-0.15, -0.1) is 6.42 Å². The van der Waals surface area contributed by atoms with E-state index in [1.165, 1.54) is 0 Å². The van der Waals surface area contributed by atoms with Crippen molar-refractivity contribution in [1.82, 2.24) is 10.6 Å². The highest BCUT2D eigenvalue weighted by Crippen LogP contribution is 2.21. The maximum Gasteiger partial charge on any atom is 0.243 e. The zero-order chi connectivity index (χ0) is 15.8. The molecule has 2 amide bonds. The van der Waals surface area contributed by atoms with Gasteiger partial charge in [0.15, 0.2) is 0 Å². The topological polar surface area (TPSA) is 70.2 Å². The number of nitrogens with one attached hydrogen (secondary N) is 3. The third-order valence-corrected chi connectivity index (χ3v) is 2.90. The summed E-state index contributed by atoms with van der Waals surface area (Å²) in [7, 11) is 0. The molecule has 0 spiro atoms. The normalized spacial score (nSPS) is 9.81. The zero-order valence-electron chi connectivity index (χ0n) is 12.7. The molecule has 0 heterocycles. The summed E-state index contributed by atoms with van der Waals surface area (Å²) in [4.78, 5) is 23.3. The van der Waals surface area contributed by atoms with Crippen LogP contribution in [-0.2, 0) is 9.59 Å². The van der Waals surface area contributed by atoms with Gasteiger partial charge in [0.1, 0.15) is 0 Å². The zero-order valence-corrected chi connectivity index (χ0v) is 12.7. The van der Waals surface area contributed by atoms with E-state index < -0.39 is 0 Å². The maximum atomic E-state index is 11.9. The van der Waals surface area contributed by atoms with Gasteiger partial charge in [-0.1, -0.05) is 23.6 Å². The van der Waals surface area contributed by atoms with Crippen LogP contribution in [0.3, 0.4) is 0 Å². The maximum absolute atomic E-state index is 11.9. The molecule has 0 radical (unpaired) electrons. The van der Waals surface area contributed by atoms with E-state index in [1.807, 2.05) is 32.9 Å². The lowest BCUT2D eigenvalue weighted by Gasteiger charge is -2.13. The van der Waals surface area contributed by atoms with Crippen LogP contribution in [-0.4, -0.2) is 31.4 Å². The van der Waals surface area contributed by atoms with Gasteiger partial charge in [0.2, 0.25) is 11.8 Å². The van der Waals surface area contributed by atoms with Crippen molar-refractivity contribution in [3.63, 3.8) is 0 Å². The van der Waals surface area contributed by atoms with Crippen molar-refractivity contribution >= 4 is 17.5 Å². The quantitative estimate of drug-likeness (QED) is 0.537. The molecule has 1 rings (SSSR count). The number of aryl methyl sites for hydroxylation is 3. The summed E-state index contributed by atoms with van der Waals surface area (Å²) in [5.74, 6) is 1.85. The van der Waals surface area contributed by atoms with Gasteiger partial charge in [0.25, 0.3) is 0 Å². The Bertz CT molecular complexity index is 550. The molecule has 1 aromatic carbocycles. The molecular formula is C16H21N3O2. The van der Waals surface area contributed by atoms with E-state index in [4.69, 9.17) is 6.42 Å². The molecule has 5 heteroatoms. The molecular weight excluding hydrogens is 266 g/mol. The van der Waals surface area contributed by atoms with E-state index in [2.05, 4.69) is 21.9 Å². The minimum atomic E-state index is -0.266. The fourth-order valence-corrected chi connectivity index (χ4v) is 2.05. The van der Waals surface area contributed by atoms with Crippen LogP contribution in [0.5, 0.6) is 0 Å². The first-order valence-corrected chi connectivity index (χ1v) is 6.72. The number of terminal acetylenes is 1. The molecule has 0 saturated heterocycles. The van der Waals surface area contributed by atoms with Gasteiger partial charge in [-0.2, -0.15) is 0 Å². The summed E-state index contributed by atoms with van der Waals surface area (Å²) in [6.07, 6.45) is 5.05. The summed E-state index contributed by atoms with van der Waals surface area (Å²) in [6, 6.07) is 4.01. The number of hydrogen-bond donors (Lipinski definition) is 3. The van der Waals surface area contributed by atoms with Gasteiger partial charge >= 0.3 is 0 Å². The number of benzene rings is 1. The largest absolute Gasteiger partial charge is 0.346 e. The van der Waals surface area contributed by atoms with Crippen LogP contribution in [0, 0.1) is 33.1 Å². The highest BCUT2D eigenvalue weighted by Gasteiger charge is 2.09. The van der Waals surface area contributed by atoms with Crippen molar-refractivity contribution in [1.29, 1.82) is 0 Å². The van der Waals surface area contributed by atoms with Crippen LogP contribution in [0.1, 0.15) is 16.7 Å². The van der Waals surface area contributed by atoms with Crippen LogP contribution < -0.4 is 16.0 Å². The number of rotatable bonds is 6. The number of carbonyl (C=O) groups excluding carboxylic acids is 2. The molecule has 0 aromatic heterocycles. The van der Waals surface area contributed by atoms with E-state index in [0.717, 1.165) is 22.4 Å². The van der Waals surface area contributed by atoms with E-state index in [-0.39, 0.29) is 24.9 Å². The lowest BCUT2D eigenvalue weighted by Crippen LogP contribution is -2.38. The van der Waals surface area contributed by atoms with Gasteiger partial charge in [-0.05, 0) is 31.9 Å². The van der Waals surface area contributed by atoms with Crippen LogP contribution in [0.25, 0.3) is 0 Å². The Labute approximate surface area is 125 Å². The molecule has 5 nitrogen and oxygen atoms in total. The Morgan fingerprint density at radius 1 is 1.10 bits per heavy atom. The number of anilines is 1. The van der Waals surface area contributed by atoms with Crippen molar-refractivity contribution < 1.29 is 9.59 Å².